The van der Waals surface area contributed by atoms with E-state index in [1.165, 1.54) is 7.11 Å². The number of ether oxygens (including phenoxy) is 1. The third-order valence-electron chi connectivity index (χ3n) is 3.53. The molecule has 0 aliphatic rings. The lowest BCUT2D eigenvalue weighted by Gasteiger charge is -2.10. The van der Waals surface area contributed by atoms with Crippen molar-refractivity contribution >= 4 is 11.8 Å². The zero-order chi connectivity index (χ0) is 16.2. The summed E-state index contributed by atoms with van der Waals surface area (Å²) in [4.78, 5) is 0. The SMILES string of the molecule is CCSc1n[nH]c(-c2ccccc2)c1-c1cccc(OC)c1F. The van der Waals surface area contributed by atoms with E-state index < -0.39 is 0 Å². The van der Waals surface area contributed by atoms with Gasteiger partial charge < -0.3 is 4.74 Å². The van der Waals surface area contributed by atoms with E-state index in [-0.39, 0.29) is 11.6 Å². The van der Waals surface area contributed by atoms with Gasteiger partial charge in [-0.05, 0) is 11.8 Å². The molecule has 0 aliphatic heterocycles. The number of nitrogens with zero attached hydrogens (tertiary/aromatic N) is 1. The number of nitrogens with one attached hydrogen (secondary N) is 1. The van der Waals surface area contributed by atoms with Crippen LogP contribution in [0.5, 0.6) is 5.75 Å². The van der Waals surface area contributed by atoms with Crippen molar-refractivity contribution in [2.45, 2.75) is 11.9 Å². The Morgan fingerprint density at radius 2 is 1.91 bits per heavy atom. The number of H-pyrrole nitrogens is 1. The normalized spacial score (nSPS) is 10.7. The molecule has 1 N–H and O–H groups in total. The van der Waals surface area contributed by atoms with Gasteiger partial charge in [-0.25, -0.2) is 4.39 Å². The van der Waals surface area contributed by atoms with Crippen LogP contribution in [0.4, 0.5) is 4.39 Å². The van der Waals surface area contributed by atoms with Gasteiger partial charge in [0.15, 0.2) is 11.6 Å². The van der Waals surface area contributed by atoms with Crippen molar-refractivity contribution in [3.8, 4) is 28.1 Å². The number of benzene rings is 2. The molecule has 5 heteroatoms. The maximum absolute atomic E-state index is 14.8. The molecule has 0 bridgehead atoms. The second kappa shape index (κ2) is 6.87. The van der Waals surface area contributed by atoms with E-state index in [0.29, 0.717) is 5.56 Å². The quantitative estimate of drug-likeness (QED) is 0.670. The van der Waals surface area contributed by atoms with Crippen molar-refractivity contribution < 1.29 is 9.13 Å². The molecule has 1 aromatic heterocycles. The number of thioether (sulfide) groups is 1. The van der Waals surface area contributed by atoms with E-state index in [1.54, 1.807) is 30.0 Å². The van der Waals surface area contributed by atoms with Gasteiger partial charge in [0, 0.05) is 16.7 Å². The molecule has 0 amide bonds. The molecule has 3 nitrogen and oxygen atoms in total. The Hall–Kier alpha value is -2.27. The van der Waals surface area contributed by atoms with Gasteiger partial charge in [-0.1, -0.05) is 49.4 Å². The van der Waals surface area contributed by atoms with Gasteiger partial charge in [-0.3, -0.25) is 5.10 Å². The number of rotatable bonds is 5. The number of methoxy groups -OCH3 is 1. The highest BCUT2D eigenvalue weighted by atomic mass is 32.2. The summed E-state index contributed by atoms with van der Waals surface area (Å²) < 4.78 is 19.9. The summed E-state index contributed by atoms with van der Waals surface area (Å²) in [5.41, 5.74) is 3.06. The molecule has 3 rings (SSSR count). The monoisotopic (exact) mass is 328 g/mol. The van der Waals surface area contributed by atoms with E-state index in [4.69, 9.17) is 4.74 Å². The number of hydrogen-bond acceptors (Lipinski definition) is 3. The molecule has 0 radical (unpaired) electrons. The Balaban J connectivity index is 2.23. The van der Waals surface area contributed by atoms with E-state index in [0.717, 1.165) is 27.6 Å². The fourth-order valence-electron chi connectivity index (χ4n) is 2.49. The van der Waals surface area contributed by atoms with E-state index >= 15 is 0 Å². The predicted molar refractivity (Wildman–Crippen MR) is 92.4 cm³/mol. The molecule has 23 heavy (non-hydrogen) atoms. The van der Waals surface area contributed by atoms with Gasteiger partial charge in [0.1, 0.15) is 5.03 Å². The lowest BCUT2D eigenvalue weighted by atomic mass is 10.0. The van der Waals surface area contributed by atoms with Gasteiger partial charge in [0.25, 0.3) is 0 Å². The van der Waals surface area contributed by atoms with Crippen LogP contribution in [0, 0.1) is 5.82 Å². The molecule has 3 aromatic rings. The highest BCUT2D eigenvalue weighted by Gasteiger charge is 2.21. The van der Waals surface area contributed by atoms with E-state index in [2.05, 4.69) is 10.2 Å². The molecule has 0 unspecified atom stereocenters. The zero-order valence-corrected chi connectivity index (χ0v) is 13.8. The minimum atomic E-state index is -0.369. The second-order valence-corrected chi connectivity index (χ2v) is 6.15. The number of aromatic amines is 1. The molecule has 0 saturated carbocycles. The van der Waals surface area contributed by atoms with Crippen LogP contribution in [0.25, 0.3) is 22.4 Å². The Bertz CT molecular complexity index is 802. The minimum absolute atomic E-state index is 0.232. The van der Waals surface area contributed by atoms with Crippen LogP contribution >= 0.6 is 11.8 Å². The molecule has 0 spiro atoms. The van der Waals surface area contributed by atoms with Gasteiger partial charge in [0.2, 0.25) is 0 Å². The largest absolute Gasteiger partial charge is 0.494 e. The lowest BCUT2D eigenvalue weighted by Crippen LogP contribution is -1.93. The zero-order valence-electron chi connectivity index (χ0n) is 13.0. The first-order valence-corrected chi connectivity index (χ1v) is 8.34. The molecular weight excluding hydrogens is 311 g/mol. The summed E-state index contributed by atoms with van der Waals surface area (Å²) in [6.07, 6.45) is 0. The van der Waals surface area contributed by atoms with Gasteiger partial charge in [0.05, 0.1) is 12.8 Å². The fourth-order valence-corrected chi connectivity index (χ4v) is 3.23. The summed E-state index contributed by atoms with van der Waals surface area (Å²) in [6.45, 7) is 2.05. The van der Waals surface area contributed by atoms with E-state index in [1.807, 2.05) is 37.3 Å². The van der Waals surface area contributed by atoms with Crippen molar-refractivity contribution in [2.24, 2.45) is 0 Å². The molecule has 2 aromatic carbocycles. The molecule has 0 atom stereocenters. The maximum atomic E-state index is 14.8. The summed E-state index contributed by atoms with van der Waals surface area (Å²) in [7, 11) is 1.47. The third-order valence-corrected chi connectivity index (χ3v) is 4.39. The van der Waals surface area contributed by atoms with Crippen LogP contribution in [0.15, 0.2) is 53.6 Å². The maximum Gasteiger partial charge on any atom is 0.173 e. The third kappa shape index (κ3) is 2.97. The average Bonchev–Trinajstić information content (AvgIpc) is 3.00. The molecule has 118 valence electrons. The van der Waals surface area contributed by atoms with Crippen LogP contribution in [-0.4, -0.2) is 23.1 Å². The molecule has 0 fully saturated rings. The Labute approximate surface area is 138 Å². The fraction of sp³-hybridized carbons (Fsp3) is 0.167. The van der Waals surface area contributed by atoms with Crippen LogP contribution in [-0.2, 0) is 0 Å². The first-order chi connectivity index (χ1) is 11.3. The average molecular weight is 328 g/mol. The predicted octanol–water partition coefficient (Wildman–Crippen LogP) is 5.00. The first kappa shape index (κ1) is 15.6. The summed E-state index contributed by atoms with van der Waals surface area (Å²) in [5, 5.41) is 8.24. The van der Waals surface area contributed by atoms with Crippen LogP contribution in [0.3, 0.4) is 0 Å². The van der Waals surface area contributed by atoms with Crippen LogP contribution < -0.4 is 4.74 Å². The van der Waals surface area contributed by atoms with Gasteiger partial charge in [-0.15, -0.1) is 11.8 Å². The smallest absolute Gasteiger partial charge is 0.173 e. The molecule has 1 heterocycles. The van der Waals surface area contributed by atoms with E-state index in [9.17, 15) is 4.39 Å². The van der Waals surface area contributed by atoms with Gasteiger partial charge >= 0.3 is 0 Å². The highest BCUT2D eigenvalue weighted by molar-refractivity contribution is 7.99. The second-order valence-electron chi connectivity index (χ2n) is 4.90. The van der Waals surface area contributed by atoms with Crippen molar-refractivity contribution in [2.75, 3.05) is 12.9 Å². The highest BCUT2D eigenvalue weighted by Crippen LogP contribution is 2.40. The Morgan fingerprint density at radius 1 is 1.13 bits per heavy atom. The lowest BCUT2D eigenvalue weighted by molar-refractivity contribution is 0.387. The van der Waals surface area contributed by atoms with Crippen LogP contribution in [0.2, 0.25) is 0 Å². The minimum Gasteiger partial charge on any atom is -0.494 e. The standard InChI is InChI=1S/C18H17FN2OS/c1-3-23-18-15(13-10-7-11-14(22-2)16(13)19)17(20-21-18)12-8-5-4-6-9-12/h4-11H,3H2,1-2H3,(H,20,21). The molecule has 0 aliphatic carbocycles. The van der Waals surface area contributed by atoms with Crippen molar-refractivity contribution in [3.05, 3.63) is 54.3 Å². The number of hydrogen-bond donors (Lipinski definition) is 1. The summed E-state index contributed by atoms with van der Waals surface area (Å²) in [6, 6.07) is 15.0. The Morgan fingerprint density at radius 3 is 2.61 bits per heavy atom. The summed E-state index contributed by atoms with van der Waals surface area (Å²) >= 11 is 1.58. The molecular formula is C18H17FN2OS. The molecule has 0 saturated heterocycles. The Kier molecular flexibility index (Phi) is 4.67. The van der Waals surface area contributed by atoms with Crippen molar-refractivity contribution in [1.82, 2.24) is 10.2 Å². The van der Waals surface area contributed by atoms with Crippen molar-refractivity contribution in [3.63, 3.8) is 0 Å². The first-order valence-electron chi connectivity index (χ1n) is 7.35. The summed E-state index contributed by atoms with van der Waals surface area (Å²) in [5.74, 6) is 0.721. The van der Waals surface area contributed by atoms with Crippen LogP contribution in [0.1, 0.15) is 6.92 Å². The van der Waals surface area contributed by atoms with Crippen molar-refractivity contribution in [1.29, 1.82) is 0 Å². The van der Waals surface area contributed by atoms with Gasteiger partial charge in [-0.2, -0.15) is 5.10 Å². The topological polar surface area (TPSA) is 37.9 Å². The number of aromatic nitrogens is 2. The number of halogens is 1.